The molecule has 0 atom stereocenters. The molecule has 0 saturated carbocycles. The summed E-state index contributed by atoms with van der Waals surface area (Å²) in [6, 6.07) is 0. The van der Waals surface area contributed by atoms with Gasteiger partial charge in [0.25, 0.3) is 0 Å². The van der Waals surface area contributed by atoms with Crippen LogP contribution in [-0.4, -0.2) is 19.3 Å². The highest BCUT2D eigenvalue weighted by atomic mass is 16.5. The monoisotopic (exact) mass is 167 g/mol. The molecular weight excluding hydrogens is 154 g/mol. The van der Waals surface area contributed by atoms with Crippen LogP contribution in [0.25, 0.3) is 0 Å². The van der Waals surface area contributed by atoms with Gasteiger partial charge in [0.2, 0.25) is 0 Å². The van der Waals surface area contributed by atoms with Gasteiger partial charge in [0.1, 0.15) is 0 Å². The first-order valence-corrected chi connectivity index (χ1v) is 3.68. The van der Waals surface area contributed by atoms with Gasteiger partial charge < -0.3 is 4.74 Å². The lowest BCUT2D eigenvalue weighted by Gasteiger charge is -1.98. The van der Waals surface area contributed by atoms with Gasteiger partial charge in [-0.2, -0.15) is 0 Å². The van der Waals surface area contributed by atoms with Gasteiger partial charge in [0.15, 0.2) is 0 Å². The van der Waals surface area contributed by atoms with E-state index in [9.17, 15) is 4.79 Å². The molecule has 0 aromatic carbocycles. The molecule has 3 heteroatoms. The molecule has 0 bridgehead atoms. The Morgan fingerprint density at radius 3 is 2.83 bits per heavy atom. The normalized spacial score (nSPS) is 11.7. The Morgan fingerprint density at radius 1 is 1.67 bits per heavy atom. The second kappa shape index (κ2) is 6.34. The fraction of sp³-hybridized carbons (Fsp3) is 0.333. The lowest BCUT2D eigenvalue weighted by Crippen LogP contribution is -2.04. The molecule has 0 aromatic rings. The van der Waals surface area contributed by atoms with Crippen molar-refractivity contribution in [2.45, 2.75) is 13.8 Å². The number of carbonyl (C=O) groups excluding carboxylic acids is 1. The third-order valence-corrected chi connectivity index (χ3v) is 1.14. The molecule has 0 aliphatic rings. The van der Waals surface area contributed by atoms with Crippen LogP contribution in [0.5, 0.6) is 0 Å². The van der Waals surface area contributed by atoms with Crippen LogP contribution in [0, 0.1) is 0 Å². The topological polar surface area (TPSA) is 38.7 Å². The number of aliphatic imine (C=N–C) groups is 1. The standard InChI is InChI=1S/C9H13NO2/c1-4-12-9(11)8(2)6-5-7-10-3/h5-7H,3-4H2,1-2H3/b7-5-,8-6+. The van der Waals surface area contributed by atoms with E-state index < -0.39 is 0 Å². The Kier molecular flexibility index (Phi) is 5.61. The van der Waals surface area contributed by atoms with Gasteiger partial charge in [-0.05, 0) is 26.6 Å². The molecule has 0 amide bonds. The summed E-state index contributed by atoms with van der Waals surface area (Å²) in [6.07, 6.45) is 4.77. The van der Waals surface area contributed by atoms with Gasteiger partial charge in [-0.3, -0.25) is 4.99 Å². The summed E-state index contributed by atoms with van der Waals surface area (Å²) >= 11 is 0. The predicted molar refractivity (Wildman–Crippen MR) is 49.1 cm³/mol. The van der Waals surface area contributed by atoms with Crippen LogP contribution in [0.1, 0.15) is 13.8 Å². The summed E-state index contributed by atoms with van der Waals surface area (Å²) in [4.78, 5) is 14.5. The quantitative estimate of drug-likeness (QED) is 0.277. The summed E-state index contributed by atoms with van der Waals surface area (Å²) in [5, 5.41) is 0. The maximum absolute atomic E-state index is 11.0. The molecule has 0 aromatic heterocycles. The van der Waals surface area contributed by atoms with E-state index in [0.717, 1.165) is 0 Å². The van der Waals surface area contributed by atoms with E-state index in [-0.39, 0.29) is 5.97 Å². The summed E-state index contributed by atoms with van der Waals surface area (Å²) in [5.41, 5.74) is 0.553. The largest absolute Gasteiger partial charge is 0.463 e. The highest BCUT2D eigenvalue weighted by molar-refractivity contribution is 5.88. The number of ether oxygens (including phenoxy) is 1. The van der Waals surface area contributed by atoms with Crippen molar-refractivity contribution in [1.29, 1.82) is 0 Å². The fourth-order valence-corrected chi connectivity index (χ4v) is 0.561. The summed E-state index contributed by atoms with van der Waals surface area (Å²) in [7, 11) is 0. The van der Waals surface area contributed by atoms with Crippen molar-refractivity contribution in [2.24, 2.45) is 4.99 Å². The van der Waals surface area contributed by atoms with E-state index in [2.05, 4.69) is 11.7 Å². The van der Waals surface area contributed by atoms with Crippen LogP contribution < -0.4 is 0 Å². The van der Waals surface area contributed by atoms with Crippen molar-refractivity contribution in [3.05, 3.63) is 23.9 Å². The van der Waals surface area contributed by atoms with Crippen molar-refractivity contribution in [3.63, 3.8) is 0 Å². The number of allylic oxidation sites excluding steroid dienone is 2. The molecule has 12 heavy (non-hydrogen) atoms. The number of nitrogens with zero attached hydrogens (tertiary/aromatic N) is 1. The first-order chi connectivity index (χ1) is 5.72. The minimum Gasteiger partial charge on any atom is -0.463 e. The smallest absolute Gasteiger partial charge is 0.333 e. The molecule has 3 nitrogen and oxygen atoms in total. The van der Waals surface area contributed by atoms with E-state index in [1.807, 2.05) is 0 Å². The van der Waals surface area contributed by atoms with Crippen LogP contribution in [0.4, 0.5) is 0 Å². The van der Waals surface area contributed by atoms with Crippen molar-refractivity contribution in [2.75, 3.05) is 6.61 Å². The van der Waals surface area contributed by atoms with Crippen molar-refractivity contribution < 1.29 is 9.53 Å². The molecule has 0 rings (SSSR count). The molecule has 0 fully saturated rings. The van der Waals surface area contributed by atoms with Gasteiger partial charge in [-0.15, -0.1) is 0 Å². The molecule has 0 aliphatic heterocycles. The van der Waals surface area contributed by atoms with Gasteiger partial charge in [-0.25, -0.2) is 4.79 Å². The van der Waals surface area contributed by atoms with E-state index in [1.54, 1.807) is 26.0 Å². The Labute approximate surface area is 72.4 Å². The maximum atomic E-state index is 11.0. The summed E-state index contributed by atoms with van der Waals surface area (Å²) in [5.74, 6) is -0.300. The van der Waals surface area contributed by atoms with E-state index in [0.29, 0.717) is 12.2 Å². The Balaban J connectivity index is 4.07. The third-order valence-electron chi connectivity index (χ3n) is 1.14. The number of hydrogen-bond donors (Lipinski definition) is 0. The zero-order chi connectivity index (χ0) is 9.40. The molecule has 0 spiro atoms. The average Bonchev–Trinajstić information content (AvgIpc) is 2.05. The third kappa shape index (κ3) is 4.44. The van der Waals surface area contributed by atoms with Crippen molar-refractivity contribution >= 4 is 12.7 Å². The molecule has 0 heterocycles. The van der Waals surface area contributed by atoms with Gasteiger partial charge >= 0.3 is 5.97 Å². The van der Waals surface area contributed by atoms with Crippen LogP contribution >= 0.6 is 0 Å². The molecule has 0 radical (unpaired) electrons. The molecule has 66 valence electrons. The Morgan fingerprint density at radius 2 is 2.33 bits per heavy atom. The predicted octanol–water partition coefficient (Wildman–Crippen LogP) is 1.71. The first-order valence-electron chi connectivity index (χ1n) is 3.68. The SMILES string of the molecule is C=N/C=C\C=C(/C)C(=O)OCC. The number of rotatable bonds is 4. The minimum absolute atomic E-state index is 0.300. The van der Waals surface area contributed by atoms with Gasteiger partial charge in [0.05, 0.1) is 6.61 Å². The number of hydrogen-bond acceptors (Lipinski definition) is 3. The number of esters is 1. The van der Waals surface area contributed by atoms with Gasteiger partial charge in [-0.1, -0.05) is 6.08 Å². The molecular formula is C9H13NO2. The van der Waals surface area contributed by atoms with Gasteiger partial charge in [0, 0.05) is 11.8 Å². The van der Waals surface area contributed by atoms with E-state index >= 15 is 0 Å². The highest BCUT2D eigenvalue weighted by Crippen LogP contribution is 1.96. The van der Waals surface area contributed by atoms with Crippen LogP contribution in [0.15, 0.2) is 28.9 Å². The van der Waals surface area contributed by atoms with E-state index in [1.165, 1.54) is 6.20 Å². The van der Waals surface area contributed by atoms with Crippen LogP contribution in [-0.2, 0) is 9.53 Å². The lowest BCUT2D eigenvalue weighted by molar-refractivity contribution is -0.138. The lowest BCUT2D eigenvalue weighted by atomic mass is 10.3. The fourth-order valence-electron chi connectivity index (χ4n) is 0.561. The van der Waals surface area contributed by atoms with Crippen LogP contribution in [0.3, 0.4) is 0 Å². The summed E-state index contributed by atoms with van der Waals surface area (Å²) < 4.78 is 4.75. The van der Waals surface area contributed by atoms with Crippen molar-refractivity contribution in [1.82, 2.24) is 0 Å². The second-order valence-corrected chi connectivity index (χ2v) is 2.09. The molecule has 0 aliphatic carbocycles. The summed E-state index contributed by atoms with van der Waals surface area (Å²) in [6.45, 7) is 7.11. The highest BCUT2D eigenvalue weighted by Gasteiger charge is 2.01. The first kappa shape index (κ1) is 10.6. The zero-order valence-electron chi connectivity index (χ0n) is 7.41. The minimum atomic E-state index is -0.300. The van der Waals surface area contributed by atoms with Crippen molar-refractivity contribution in [3.8, 4) is 0 Å². The Hall–Kier alpha value is -1.38. The second-order valence-electron chi connectivity index (χ2n) is 2.09. The van der Waals surface area contributed by atoms with Crippen LogP contribution in [0.2, 0.25) is 0 Å². The van der Waals surface area contributed by atoms with E-state index in [4.69, 9.17) is 4.74 Å². The average molecular weight is 167 g/mol. The molecule has 0 unspecified atom stereocenters. The number of carbonyl (C=O) groups is 1. The maximum Gasteiger partial charge on any atom is 0.333 e. The Bertz CT molecular complexity index is 217. The molecule has 0 saturated heterocycles. The molecule has 0 N–H and O–H groups in total. The zero-order valence-corrected chi connectivity index (χ0v) is 7.41.